The van der Waals surface area contributed by atoms with Crippen molar-refractivity contribution < 1.29 is 4.74 Å². The number of halogens is 2. The maximum absolute atomic E-state index is 5.75. The lowest BCUT2D eigenvalue weighted by molar-refractivity contribution is 0.0669. The third-order valence-corrected chi connectivity index (χ3v) is 2.92. The molecule has 2 nitrogen and oxygen atoms in total. The molecule has 1 aromatic rings. The van der Waals surface area contributed by atoms with Gasteiger partial charge in [0.15, 0.2) is 0 Å². The number of benzene rings is 1. The zero-order valence-corrected chi connectivity index (χ0v) is 10.8. The SMILES string of the molecule is Brc1ccc([C@H]2CNCCCO2)cc1.Cl. The second-order valence-electron chi connectivity index (χ2n) is 3.47. The smallest absolute Gasteiger partial charge is 0.0949 e. The van der Waals surface area contributed by atoms with E-state index in [1.165, 1.54) is 5.56 Å². The van der Waals surface area contributed by atoms with Crippen LogP contribution in [0.15, 0.2) is 28.7 Å². The van der Waals surface area contributed by atoms with E-state index < -0.39 is 0 Å². The van der Waals surface area contributed by atoms with Crippen LogP contribution >= 0.6 is 28.3 Å². The molecular weight excluding hydrogens is 277 g/mol. The number of hydrogen-bond acceptors (Lipinski definition) is 2. The Morgan fingerprint density at radius 3 is 2.73 bits per heavy atom. The van der Waals surface area contributed by atoms with Gasteiger partial charge in [0.05, 0.1) is 6.10 Å². The molecule has 0 spiro atoms. The summed E-state index contributed by atoms with van der Waals surface area (Å²) in [5.41, 5.74) is 1.25. The lowest BCUT2D eigenvalue weighted by Crippen LogP contribution is -2.19. The summed E-state index contributed by atoms with van der Waals surface area (Å²) >= 11 is 3.43. The molecular formula is C11H15BrClNO. The van der Waals surface area contributed by atoms with Crippen LogP contribution in [0, 0.1) is 0 Å². The Hall–Kier alpha value is -0.0900. The highest BCUT2D eigenvalue weighted by atomic mass is 79.9. The summed E-state index contributed by atoms with van der Waals surface area (Å²) in [5, 5.41) is 3.37. The zero-order valence-electron chi connectivity index (χ0n) is 8.41. The van der Waals surface area contributed by atoms with Gasteiger partial charge in [-0.1, -0.05) is 28.1 Å². The number of nitrogens with one attached hydrogen (secondary N) is 1. The fourth-order valence-corrected chi connectivity index (χ4v) is 1.87. The zero-order chi connectivity index (χ0) is 9.80. The minimum absolute atomic E-state index is 0. The van der Waals surface area contributed by atoms with Gasteiger partial charge in [0.1, 0.15) is 0 Å². The van der Waals surface area contributed by atoms with Crippen molar-refractivity contribution in [1.29, 1.82) is 0 Å². The highest BCUT2D eigenvalue weighted by Crippen LogP contribution is 2.20. The van der Waals surface area contributed by atoms with Crippen molar-refractivity contribution in [3.63, 3.8) is 0 Å². The van der Waals surface area contributed by atoms with Gasteiger partial charge in [0.25, 0.3) is 0 Å². The fourth-order valence-electron chi connectivity index (χ4n) is 1.61. The molecule has 0 amide bonds. The fraction of sp³-hybridized carbons (Fsp3) is 0.455. The molecule has 15 heavy (non-hydrogen) atoms. The predicted octanol–water partition coefficient (Wildman–Crippen LogP) is 2.92. The maximum Gasteiger partial charge on any atom is 0.0949 e. The van der Waals surface area contributed by atoms with E-state index in [9.17, 15) is 0 Å². The number of rotatable bonds is 1. The van der Waals surface area contributed by atoms with E-state index in [0.29, 0.717) is 0 Å². The van der Waals surface area contributed by atoms with Crippen molar-refractivity contribution >= 4 is 28.3 Å². The third kappa shape index (κ3) is 3.76. The summed E-state index contributed by atoms with van der Waals surface area (Å²) in [5.74, 6) is 0. The molecule has 1 aliphatic rings. The minimum Gasteiger partial charge on any atom is -0.372 e. The Morgan fingerprint density at radius 1 is 1.27 bits per heavy atom. The molecule has 4 heteroatoms. The van der Waals surface area contributed by atoms with Crippen molar-refractivity contribution in [3.8, 4) is 0 Å². The Balaban J connectivity index is 0.00000112. The normalized spacial score (nSPS) is 21.5. The summed E-state index contributed by atoms with van der Waals surface area (Å²) in [6.45, 7) is 2.84. The first-order valence-corrected chi connectivity index (χ1v) is 5.73. The van der Waals surface area contributed by atoms with Gasteiger partial charge in [-0.05, 0) is 30.7 Å². The van der Waals surface area contributed by atoms with Crippen LogP contribution in [0.25, 0.3) is 0 Å². The van der Waals surface area contributed by atoms with Crippen LogP contribution in [0.1, 0.15) is 18.1 Å². The van der Waals surface area contributed by atoms with E-state index in [1.807, 2.05) is 0 Å². The number of ether oxygens (including phenoxy) is 1. The summed E-state index contributed by atoms with van der Waals surface area (Å²) < 4.78 is 6.86. The lowest BCUT2D eigenvalue weighted by Gasteiger charge is -2.15. The minimum atomic E-state index is 0. The third-order valence-electron chi connectivity index (χ3n) is 2.39. The average molecular weight is 293 g/mol. The first-order valence-electron chi connectivity index (χ1n) is 4.94. The Labute approximate surface area is 105 Å². The van der Waals surface area contributed by atoms with Crippen LogP contribution in [0.4, 0.5) is 0 Å². The highest BCUT2D eigenvalue weighted by molar-refractivity contribution is 9.10. The van der Waals surface area contributed by atoms with Crippen molar-refractivity contribution in [2.75, 3.05) is 19.7 Å². The molecule has 1 saturated heterocycles. The molecule has 1 N–H and O–H groups in total. The molecule has 0 aliphatic carbocycles. The first-order chi connectivity index (χ1) is 6.86. The monoisotopic (exact) mass is 291 g/mol. The molecule has 1 aliphatic heterocycles. The molecule has 0 saturated carbocycles. The second kappa shape index (κ2) is 6.48. The van der Waals surface area contributed by atoms with Crippen LogP contribution in [0.2, 0.25) is 0 Å². The molecule has 0 radical (unpaired) electrons. The van der Waals surface area contributed by atoms with Gasteiger partial charge in [-0.15, -0.1) is 12.4 Å². The van der Waals surface area contributed by atoms with Crippen LogP contribution in [-0.4, -0.2) is 19.7 Å². The van der Waals surface area contributed by atoms with E-state index in [1.54, 1.807) is 0 Å². The largest absolute Gasteiger partial charge is 0.372 e. The lowest BCUT2D eigenvalue weighted by atomic mass is 10.1. The topological polar surface area (TPSA) is 21.3 Å². The van der Waals surface area contributed by atoms with Crippen LogP contribution in [-0.2, 0) is 4.74 Å². The first kappa shape index (κ1) is 13.0. The predicted molar refractivity (Wildman–Crippen MR) is 67.6 cm³/mol. The van der Waals surface area contributed by atoms with Gasteiger partial charge in [-0.2, -0.15) is 0 Å². The molecule has 1 atom stereocenters. The van der Waals surface area contributed by atoms with Gasteiger partial charge in [0.2, 0.25) is 0 Å². The quantitative estimate of drug-likeness (QED) is 0.859. The Bertz CT molecular complexity index is 283. The molecule has 0 bridgehead atoms. The highest BCUT2D eigenvalue weighted by Gasteiger charge is 2.13. The molecule has 0 aromatic heterocycles. The molecule has 84 valence electrons. The van der Waals surface area contributed by atoms with Crippen LogP contribution in [0.3, 0.4) is 0 Å². The Kier molecular flexibility index (Phi) is 5.61. The molecule has 1 aromatic carbocycles. The Morgan fingerprint density at radius 2 is 2.00 bits per heavy atom. The number of hydrogen-bond donors (Lipinski definition) is 1. The summed E-state index contributed by atoms with van der Waals surface area (Å²) in [4.78, 5) is 0. The maximum atomic E-state index is 5.75. The van der Waals surface area contributed by atoms with Crippen LogP contribution < -0.4 is 5.32 Å². The van der Waals surface area contributed by atoms with Crippen molar-refractivity contribution in [3.05, 3.63) is 34.3 Å². The molecule has 2 rings (SSSR count). The van der Waals surface area contributed by atoms with E-state index in [4.69, 9.17) is 4.74 Å². The van der Waals surface area contributed by atoms with E-state index in [2.05, 4.69) is 45.5 Å². The van der Waals surface area contributed by atoms with Crippen molar-refractivity contribution in [1.82, 2.24) is 5.32 Å². The van der Waals surface area contributed by atoms with Gasteiger partial charge in [-0.25, -0.2) is 0 Å². The average Bonchev–Trinajstić information content (AvgIpc) is 2.47. The molecule has 0 unspecified atom stereocenters. The van der Waals surface area contributed by atoms with Gasteiger partial charge >= 0.3 is 0 Å². The second-order valence-corrected chi connectivity index (χ2v) is 4.38. The van der Waals surface area contributed by atoms with Gasteiger partial charge in [-0.3, -0.25) is 0 Å². The van der Waals surface area contributed by atoms with Crippen molar-refractivity contribution in [2.24, 2.45) is 0 Å². The summed E-state index contributed by atoms with van der Waals surface area (Å²) in [6, 6.07) is 8.34. The molecule has 1 heterocycles. The summed E-state index contributed by atoms with van der Waals surface area (Å²) in [7, 11) is 0. The van der Waals surface area contributed by atoms with E-state index in [-0.39, 0.29) is 18.5 Å². The van der Waals surface area contributed by atoms with E-state index in [0.717, 1.165) is 30.6 Å². The van der Waals surface area contributed by atoms with Gasteiger partial charge in [0, 0.05) is 17.6 Å². The molecule has 1 fully saturated rings. The van der Waals surface area contributed by atoms with Gasteiger partial charge < -0.3 is 10.1 Å². The van der Waals surface area contributed by atoms with E-state index >= 15 is 0 Å². The van der Waals surface area contributed by atoms with Crippen molar-refractivity contribution in [2.45, 2.75) is 12.5 Å². The van der Waals surface area contributed by atoms with Crippen LogP contribution in [0.5, 0.6) is 0 Å². The summed E-state index contributed by atoms with van der Waals surface area (Å²) in [6.07, 6.45) is 1.32. The standard InChI is InChI=1S/C11H14BrNO.ClH/c12-10-4-2-9(3-5-10)11-8-13-6-1-7-14-11;/h2-5,11,13H,1,6-8H2;1H/t11-;/m1./s1.